The quantitative estimate of drug-likeness (QED) is 0.900. The summed E-state index contributed by atoms with van der Waals surface area (Å²) < 4.78 is 6.85. The van der Waals surface area contributed by atoms with Crippen molar-refractivity contribution < 1.29 is 4.74 Å². The van der Waals surface area contributed by atoms with E-state index in [1.165, 1.54) is 16.7 Å². The summed E-state index contributed by atoms with van der Waals surface area (Å²) in [5.74, 6) is 0.972. The molecule has 2 aromatic carbocycles. The van der Waals surface area contributed by atoms with E-state index in [9.17, 15) is 0 Å². The van der Waals surface area contributed by atoms with Crippen molar-refractivity contribution in [3.8, 4) is 5.75 Å². The van der Waals surface area contributed by atoms with Crippen LogP contribution in [0.15, 0.2) is 34.8 Å². The van der Waals surface area contributed by atoms with Crippen molar-refractivity contribution in [2.24, 2.45) is 5.73 Å². The maximum Gasteiger partial charge on any atom is 0.127 e. The molecule has 3 heteroatoms. The minimum atomic E-state index is -0.155. The molecule has 2 aromatic rings. The molecule has 3 rings (SSSR count). The number of hydrogen-bond donors (Lipinski definition) is 1. The van der Waals surface area contributed by atoms with E-state index in [4.69, 9.17) is 10.5 Å². The fraction of sp³-hybridized carbons (Fsp3) is 0.294. The molecule has 0 spiro atoms. The Morgan fingerprint density at radius 2 is 1.80 bits per heavy atom. The Kier molecular flexibility index (Phi) is 3.57. The second-order valence-electron chi connectivity index (χ2n) is 5.48. The highest BCUT2D eigenvalue weighted by atomic mass is 79.9. The van der Waals surface area contributed by atoms with Crippen LogP contribution in [-0.2, 0) is 6.42 Å². The third-order valence-electron chi connectivity index (χ3n) is 3.72. The van der Waals surface area contributed by atoms with Crippen LogP contribution in [0.3, 0.4) is 0 Å². The van der Waals surface area contributed by atoms with Gasteiger partial charge >= 0.3 is 0 Å². The van der Waals surface area contributed by atoms with E-state index in [2.05, 4.69) is 60.1 Å². The molecule has 1 aliphatic heterocycles. The standard InChI is InChI=1S/C17H18BrNO/c1-10-5-11(2)7-13(6-10)16(19)15-9-14(18)8-12-3-4-20-17(12)15/h5-9,16H,3-4,19H2,1-2H3. The first-order valence-electron chi connectivity index (χ1n) is 6.83. The third-order valence-corrected chi connectivity index (χ3v) is 4.17. The van der Waals surface area contributed by atoms with Crippen LogP contribution in [0, 0.1) is 13.8 Å². The first-order chi connectivity index (χ1) is 9.54. The molecule has 20 heavy (non-hydrogen) atoms. The lowest BCUT2D eigenvalue weighted by atomic mass is 9.94. The second-order valence-corrected chi connectivity index (χ2v) is 6.40. The van der Waals surface area contributed by atoms with E-state index in [-0.39, 0.29) is 6.04 Å². The van der Waals surface area contributed by atoms with Gasteiger partial charge in [-0.25, -0.2) is 0 Å². The van der Waals surface area contributed by atoms with Crippen LogP contribution in [0.1, 0.15) is 33.9 Å². The monoisotopic (exact) mass is 331 g/mol. The highest BCUT2D eigenvalue weighted by Gasteiger charge is 2.22. The molecule has 1 unspecified atom stereocenters. The fourth-order valence-electron chi connectivity index (χ4n) is 2.90. The zero-order valence-corrected chi connectivity index (χ0v) is 13.3. The van der Waals surface area contributed by atoms with Crippen molar-refractivity contribution >= 4 is 15.9 Å². The smallest absolute Gasteiger partial charge is 0.127 e. The number of hydrogen-bond acceptors (Lipinski definition) is 2. The fourth-order valence-corrected chi connectivity index (χ4v) is 3.42. The SMILES string of the molecule is Cc1cc(C)cc(C(N)c2cc(Br)cc3c2OCC3)c1. The molecule has 1 aliphatic rings. The van der Waals surface area contributed by atoms with Gasteiger partial charge in [0.15, 0.2) is 0 Å². The van der Waals surface area contributed by atoms with Gasteiger partial charge in [-0.2, -0.15) is 0 Å². The van der Waals surface area contributed by atoms with Gasteiger partial charge in [0, 0.05) is 16.5 Å². The predicted octanol–water partition coefficient (Wildman–Crippen LogP) is 4.05. The topological polar surface area (TPSA) is 35.2 Å². The van der Waals surface area contributed by atoms with Crippen molar-refractivity contribution in [1.82, 2.24) is 0 Å². The average molecular weight is 332 g/mol. The zero-order valence-electron chi connectivity index (χ0n) is 11.7. The maximum absolute atomic E-state index is 6.50. The Balaban J connectivity index is 2.08. The summed E-state index contributed by atoms with van der Waals surface area (Å²) in [6.45, 7) is 4.95. The summed E-state index contributed by atoms with van der Waals surface area (Å²) in [5.41, 5.74) is 12.4. The highest BCUT2D eigenvalue weighted by molar-refractivity contribution is 9.10. The summed E-state index contributed by atoms with van der Waals surface area (Å²) >= 11 is 3.57. The molecule has 0 aliphatic carbocycles. The summed E-state index contributed by atoms with van der Waals surface area (Å²) in [4.78, 5) is 0. The Morgan fingerprint density at radius 1 is 1.10 bits per heavy atom. The van der Waals surface area contributed by atoms with Crippen LogP contribution in [0.25, 0.3) is 0 Å². The van der Waals surface area contributed by atoms with Crippen molar-refractivity contribution in [3.63, 3.8) is 0 Å². The van der Waals surface area contributed by atoms with Gasteiger partial charge in [0.2, 0.25) is 0 Å². The van der Waals surface area contributed by atoms with Crippen molar-refractivity contribution in [3.05, 3.63) is 62.6 Å². The lowest BCUT2D eigenvalue weighted by molar-refractivity contribution is 0.352. The number of ether oxygens (including phenoxy) is 1. The number of rotatable bonds is 2. The minimum Gasteiger partial charge on any atom is -0.493 e. The van der Waals surface area contributed by atoms with Gasteiger partial charge in [0.1, 0.15) is 5.75 Å². The summed E-state index contributed by atoms with van der Waals surface area (Å²) in [7, 11) is 0. The molecule has 0 amide bonds. The average Bonchev–Trinajstić information content (AvgIpc) is 2.83. The molecule has 0 saturated carbocycles. The number of fused-ring (bicyclic) bond motifs is 1. The first-order valence-corrected chi connectivity index (χ1v) is 7.63. The Bertz CT molecular complexity index is 646. The number of nitrogens with two attached hydrogens (primary N) is 1. The van der Waals surface area contributed by atoms with Crippen molar-refractivity contribution in [2.75, 3.05) is 6.61 Å². The minimum absolute atomic E-state index is 0.155. The molecule has 0 fully saturated rings. The van der Waals surface area contributed by atoms with Gasteiger partial charge in [-0.1, -0.05) is 45.3 Å². The Labute approximate surface area is 128 Å². The van der Waals surface area contributed by atoms with Gasteiger partial charge in [-0.3, -0.25) is 0 Å². The number of benzene rings is 2. The van der Waals surface area contributed by atoms with Crippen LogP contribution in [-0.4, -0.2) is 6.61 Å². The highest BCUT2D eigenvalue weighted by Crippen LogP contribution is 2.38. The van der Waals surface area contributed by atoms with E-state index in [1.807, 2.05) is 0 Å². The molecule has 104 valence electrons. The Morgan fingerprint density at radius 3 is 2.50 bits per heavy atom. The van der Waals surface area contributed by atoms with E-state index in [1.54, 1.807) is 0 Å². The molecule has 0 bridgehead atoms. The molecular weight excluding hydrogens is 314 g/mol. The lowest BCUT2D eigenvalue weighted by Crippen LogP contribution is -2.13. The van der Waals surface area contributed by atoms with E-state index >= 15 is 0 Å². The van der Waals surface area contributed by atoms with E-state index < -0.39 is 0 Å². The third kappa shape index (κ3) is 2.48. The molecule has 1 heterocycles. The molecule has 1 atom stereocenters. The van der Waals surface area contributed by atoms with Crippen LogP contribution < -0.4 is 10.5 Å². The molecule has 2 N–H and O–H groups in total. The van der Waals surface area contributed by atoms with Gasteiger partial charge in [0.05, 0.1) is 12.6 Å². The molecule has 0 saturated heterocycles. The number of halogens is 1. The van der Waals surface area contributed by atoms with E-state index in [0.717, 1.165) is 34.4 Å². The van der Waals surface area contributed by atoms with Crippen LogP contribution in [0.2, 0.25) is 0 Å². The van der Waals surface area contributed by atoms with Crippen molar-refractivity contribution in [2.45, 2.75) is 26.3 Å². The predicted molar refractivity (Wildman–Crippen MR) is 85.3 cm³/mol. The number of aryl methyl sites for hydroxylation is 2. The van der Waals surface area contributed by atoms with Crippen LogP contribution in [0.4, 0.5) is 0 Å². The largest absolute Gasteiger partial charge is 0.493 e. The van der Waals surface area contributed by atoms with Gasteiger partial charge in [-0.15, -0.1) is 0 Å². The van der Waals surface area contributed by atoms with E-state index in [0.29, 0.717) is 0 Å². The maximum atomic E-state index is 6.50. The normalized spacial score (nSPS) is 14.8. The second kappa shape index (κ2) is 5.23. The van der Waals surface area contributed by atoms with Gasteiger partial charge in [0.25, 0.3) is 0 Å². The lowest BCUT2D eigenvalue weighted by Gasteiger charge is -2.18. The Hall–Kier alpha value is -1.32. The van der Waals surface area contributed by atoms with Crippen molar-refractivity contribution in [1.29, 1.82) is 0 Å². The molecule has 0 aromatic heterocycles. The first kappa shape index (κ1) is 13.7. The van der Waals surface area contributed by atoms with Gasteiger partial charge < -0.3 is 10.5 Å². The van der Waals surface area contributed by atoms with Crippen LogP contribution in [0.5, 0.6) is 5.75 Å². The summed E-state index contributed by atoms with van der Waals surface area (Å²) in [5, 5.41) is 0. The molecular formula is C17H18BrNO. The summed E-state index contributed by atoms with van der Waals surface area (Å²) in [6, 6.07) is 10.5. The molecule has 0 radical (unpaired) electrons. The van der Waals surface area contributed by atoms with Gasteiger partial charge in [-0.05, 0) is 37.1 Å². The van der Waals surface area contributed by atoms with Crippen LogP contribution >= 0.6 is 15.9 Å². The summed E-state index contributed by atoms with van der Waals surface area (Å²) in [6.07, 6.45) is 0.960. The molecule has 2 nitrogen and oxygen atoms in total. The zero-order chi connectivity index (χ0) is 14.3.